The van der Waals surface area contributed by atoms with Crippen LogP contribution < -0.4 is 0 Å². The molecule has 0 bridgehead atoms. The molecule has 0 aromatic heterocycles. The van der Waals surface area contributed by atoms with E-state index >= 15 is 0 Å². The van der Waals surface area contributed by atoms with Gasteiger partial charge in [0.15, 0.2) is 0 Å². The lowest BCUT2D eigenvalue weighted by atomic mass is 9.74. The topological polar surface area (TPSA) is 12.4 Å². The molecular weight excluding hydrogens is 206 g/mol. The average Bonchev–Trinajstić information content (AvgIpc) is 2.33. The Kier molecular flexibility index (Phi) is 4.64. The third-order valence-corrected chi connectivity index (χ3v) is 5.12. The molecule has 4 atom stereocenters. The summed E-state index contributed by atoms with van der Waals surface area (Å²) < 4.78 is 0. The summed E-state index contributed by atoms with van der Waals surface area (Å²) in [7, 11) is 0. The fraction of sp³-hybridized carbons (Fsp3) is 0.938. The Morgan fingerprint density at radius 2 is 1.47 bits per heavy atom. The summed E-state index contributed by atoms with van der Waals surface area (Å²) in [5, 5.41) is 0. The van der Waals surface area contributed by atoms with Crippen LogP contribution in [0.25, 0.3) is 0 Å². The first-order valence-electron chi connectivity index (χ1n) is 7.70. The van der Waals surface area contributed by atoms with Gasteiger partial charge in [-0.3, -0.25) is 4.99 Å². The van der Waals surface area contributed by atoms with Crippen LogP contribution in [0.1, 0.15) is 65.7 Å². The molecule has 0 aromatic rings. The van der Waals surface area contributed by atoms with Gasteiger partial charge in [0, 0.05) is 6.21 Å². The van der Waals surface area contributed by atoms with Crippen LogP contribution in [0.4, 0.5) is 0 Å². The summed E-state index contributed by atoms with van der Waals surface area (Å²) in [5.41, 5.74) is 0. The van der Waals surface area contributed by atoms with E-state index in [4.69, 9.17) is 4.99 Å². The lowest BCUT2D eigenvalue weighted by Gasteiger charge is -2.35. The Balaban J connectivity index is 1.86. The summed E-state index contributed by atoms with van der Waals surface area (Å²) in [4.78, 5) is 4.95. The molecule has 2 aliphatic carbocycles. The van der Waals surface area contributed by atoms with Crippen LogP contribution in [0.15, 0.2) is 4.99 Å². The molecule has 2 aliphatic rings. The van der Waals surface area contributed by atoms with Crippen molar-refractivity contribution in [2.75, 3.05) is 0 Å². The molecule has 2 fully saturated rings. The molecule has 0 aliphatic heterocycles. The van der Waals surface area contributed by atoms with Crippen molar-refractivity contribution in [3.63, 3.8) is 0 Å². The lowest BCUT2D eigenvalue weighted by Crippen LogP contribution is -2.30. The van der Waals surface area contributed by atoms with Gasteiger partial charge < -0.3 is 0 Å². The Morgan fingerprint density at radius 1 is 0.824 bits per heavy atom. The van der Waals surface area contributed by atoms with Crippen molar-refractivity contribution < 1.29 is 0 Å². The van der Waals surface area contributed by atoms with Gasteiger partial charge in [-0.2, -0.15) is 0 Å². The molecular formula is C16H29N. The van der Waals surface area contributed by atoms with Crippen LogP contribution in [-0.2, 0) is 0 Å². The zero-order valence-electron chi connectivity index (χ0n) is 11.9. The van der Waals surface area contributed by atoms with E-state index in [-0.39, 0.29) is 0 Å². The van der Waals surface area contributed by atoms with E-state index in [1.165, 1.54) is 44.9 Å². The summed E-state index contributed by atoms with van der Waals surface area (Å²) in [6, 6.07) is 0.614. The Bertz CT molecular complexity index is 252. The molecule has 2 rings (SSSR count). The lowest BCUT2D eigenvalue weighted by molar-refractivity contribution is 0.193. The molecule has 17 heavy (non-hydrogen) atoms. The molecule has 98 valence electrons. The van der Waals surface area contributed by atoms with Gasteiger partial charge in [-0.05, 0) is 49.4 Å². The van der Waals surface area contributed by atoms with Gasteiger partial charge >= 0.3 is 0 Å². The van der Waals surface area contributed by atoms with Gasteiger partial charge in [-0.1, -0.05) is 40.0 Å². The number of aliphatic imine (C=N–C) groups is 1. The monoisotopic (exact) mass is 235 g/mol. The normalized spacial score (nSPS) is 40.9. The van der Waals surface area contributed by atoms with E-state index in [0.29, 0.717) is 6.04 Å². The molecule has 2 saturated carbocycles. The minimum atomic E-state index is 0.614. The van der Waals surface area contributed by atoms with Crippen LogP contribution in [0, 0.1) is 23.7 Å². The molecule has 1 heteroatoms. The maximum Gasteiger partial charge on any atom is 0.0524 e. The summed E-state index contributed by atoms with van der Waals surface area (Å²) in [5.74, 6) is 3.34. The molecule has 1 nitrogen and oxygen atoms in total. The molecule has 0 heterocycles. The predicted octanol–water partition coefficient (Wildman–Crippen LogP) is 4.71. The van der Waals surface area contributed by atoms with Gasteiger partial charge in [0.2, 0.25) is 0 Å². The fourth-order valence-corrected chi connectivity index (χ4v) is 3.54. The number of nitrogens with zero attached hydrogens (tertiary/aromatic N) is 1. The third kappa shape index (κ3) is 3.56. The average molecular weight is 235 g/mol. The van der Waals surface area contributed by atoms with Crippen molar-refractivity contribution in [1.29, 1.82) is 0 Å². The van der Waals surface area contributed by atoms with Crippen molar-refractivity contribution in [1.82, 2.24) is 0 Å². The number of hydrogen-bond acceptors (Lipinski definition) is 1. The second-order valence-corrected chi connectivity index (χ2v) is 6.67. The van der Waals surface area contributed by atoms with E-state index in [1.807, 2.05) is 0 Å². The largest absolute Gasteiger partial charge is 0.294 e. The molecule has 4 unspecified atom stereocenters. The van der Waals surface area contributed by atoms with Gasteiger partial charge in [-0.25, -0.2) is 0 Å². The predicted molar refractivity (Wildman–Crippen MR) is 75.6 cm³/mol. The van der Waals surface area contributed by atoms with Crippen LogP contribution in [-0.4, -0.2) is 12.3 Å². The Morgan fingerprint density at radius 3 is 2.18 bits per heavy atom. The van der Waals surface area contributed by atoms with Gasteiger partial charge in [0.1, 0.15) is 0 Å². The minimum Gasteiger partial charge on any atom is -0.294 e. The van der Waals surface area contributed by atoms with Crippen molar-refractivity contribution >= 4 is 6.21 Å². The smallest absolute Gasteiger partial charge is 0.0524 e. The summed E-state index contributed by atoms with van der Waals surface area (Å²) >= 11 is 0. The zero-order valence-corrected chi connectivity index (χ0v) is 11.9. The molecule has 0 spiro atoms. The first-order chi connectivity index (χ1) is 8.16. The highest BCUT2D eigenvalue weighted by Crippen LogP contribution is 2.35. The number of rotatable bonds is 2. The SMILES string of the molecule is CC1CC(C)C(N=CC2CCCCC2)CC1C. The zero-order chi connectivity index (χ0) is 12.3. The molecule has 0 saturated heterocycles. The maximum atomic E-state index is 4.95. The maximum absolute atomic E-state index is 4.95. The minimum absolute atomic E-state index is 0.614. The quantitative estimate of drug-likeness (QED) is 0.615. The highest BCUT2D eigenvalue weighted by Gasteiger charge is 2.29. The molecule has 0 radical (unpaired) electrons. The van der Waals surface area contributed by atoms with E-state index in [2.05, 4.69) is 27.0 Å². The molecule has 0 N–H and O–H groups in total. The molecule has 0 amide bonds. The van der Waals surface area contributed by atoms with Crippen LogP contribution >= 0.6 is 0 Å². The standard InChI is InChI=1S/C16H29N/c1-12-9-14(3)16(10-13(12)2)17-11-15-7-5-4-6-8-15/h11-16H,4-10H2,1-3H3. The van der Waals surface area contributed by atoms with Gasteiger partial charge in [0.05, 0.1) is 6.04 Å². The van der Waals surface area contributed by atoms with E-state index in [9.17, 15) is 0 Å². The van der Waals surface area contributed by atoms with E-state index < -0.39 is 0 Å². The van der Waals surface area contributed by atoms with E-state index in [0.717, 1.165) is 23.7 Å². The third-order valence-electron chi connectivity index (χ3n) is 5.12. The highest BCUT2D eigenvalue weighted by atomic mass is 14.8. The summed E-state index contributed by atoms with van der Waals surface area (Å²) in [6.45, 7) is 7.20. The van der Waals surface area contributed by atoms with E-state index in [1.54, 1.807) is 0 Å². The Hall–Kier alpha value is -0.330. The van der Waals surface area contributed by atoms with Gasteiger partial charge in [0.25, 0.3) is 0 Å². The van der Waals surface area contributed by atoms with Crippen molar-refractivity contribution in [2.24, 2.45) is 28.7 Å². The molecule has 0 aromatic carbocycles. The Labute approximate surface area is 107 Å². The number of hydrogen-bond donors (Lipinski definition) is 0. The van der Waals surface area contributed by atoms with Crippen LogP contribution in [0.3, 0.4) is 0 Å². The van der Waals surface area contributed by atoms with Gasteiger partial charge in [-0.15, -0.1) is 0 Å². The highest BCUT2D eigenvalue weighted by molar-refractivity contribution is 5.61. The second-order valence-electron chi connectivity index (χ2n) is 6.67. The fourth-order valence-electron chi connectivity index (χ4n) is 3.54. The summed E-state index contributed by atoms with van der Waals surface area (Å²) in [6.07, 6.45) is 12.1. The first kappa shape index (κ1) is 13.1. The van der Waals surface area contributed by atoms with Crippen molar-refractivity contribution in [3.05, 3.63) is 0 Å². The van der Waals surface area contributed by atoms with Crippen LogP contribution in [0.2, 0.25) is 0 Å². The van der Waals surface area contributed by atoms with Crippen molar-refractivity contribution in [2.45, 2.75) is 71.8 Å². The van der Waals surface area contributed by atoms with Crippen molar-refractivity contribution in [3.8, 4) is 0 Å². The second kappa shape index (κ2) is 6.02. The van der Waals surface area contributed by atoms with Crippen LogP contribution in [0.5, 0.6) is 0 Å². The first-order valence-corrected chi connectivity index (χ1v) is 7.70.